The lowest BCUT2D eigenvalue weighted by atomic mass is 10.2. The summed E-state index contributed by atoms with van der Waals surface area (Å²) in [6, 6.07) is 1.28. The van der Waals surface area contributed by atoms with Gasteiger partial charge in [-0.3, -0.25) is 4.79 Å². The van der Waals surface area contributed by atoms with Gasteiger partial charge in [0.1, 0.15) is 0 Å². The number of hydrazine groups is 1. The first-order valence-corrected chi connectivity index (χ1v) is 5.93. The molecule has 2 aromatic heterocycles. The molecule has 0 fully saturated rings. The first-order chi connectivity index (χ1) is 8.72. The van der Waals surface area contributed by atoms with Crippen LogP contribution in [0.3, 0.4) is 0 Å². The third kappa shape index (κ3) is 2.60. The predicted molar refractivity (Wildman–Crippen MR) is 65.3 cm³/mol. The van der Waals surface area contributed by atoms with Gasteiger partial charge in [0.2, 0.25) is 0 Å². The van der Waals surface area contributed by atoms with Gasteiger partial charge in [0.25, 0.3) is 5.91 Å². The summed E-state index contributed by atoms with van der Waals surface area (Å²) >= 11 is 1.42. The van der Waals surface area contributed by atoms with Crippen LogP contribution in [0.5, 0.6) is 0 Å². The summed E-state index contributed by atoms with van der Waals surface area (Å²) in [6.07, 6.45) is 1.30. The monoisotopic (exact) mass is 267 g/mol. The maximum Gasteiger partial charge on any atom is 0.254 e. The summed E-state index contributed by atoms with van der Waals surface area (Å²) in [4.78, 5) is 19.4. The Morgan fingerprint density at radius 2 is 2.33 bits per heavy atom. The maximum absolute atomic E-state index is 13.7. The van der Waals surface area contributed by atoms with Gasteiger partial charge in [-0.05, 0) is 6.07 Å². The normalized spacial score (nSPS) is 10.1. The summed E-state index contributed by atoms with van der Waals surface area (Å²) in [5, 5.41) is 4.36. The van der Waals surface area contributed by atoms with E-state index >= 15 is 0 Å². The number of nitrogens with zero attached hydrogens (tertiary/aromatic N) is 2. The fourth-order valence-electron chi connectivity index (χ4n) is 1.31. The Bertz CT molecular complexity index is 545. The second kappa shape index (κ2) is 5.52. The Labute approximate surface area is 106 Å². The Morgan fingerprint density at radius 3 is 3.00 bits per heavy atom. The summed E-state index contributed by atoms with van der Waals surface area (Å²) in [5.41, 5.74) is 4.35. The van der Waals surface area contributed by atoms with Crippen LogP contribution in [-0.2, 0) is 6.54 Å². The van der Waals surface area contributed by atoms with Gasteiger partial charge in [-0.2, -0.15) is 0 Å². The first kappa shape index (κ1) is 12.4. The number of halogens is 1. The van der Waals surface area contributed by atoms with Crippen LogP contribution in [0.2, 0.25) is 0 Å². The van der Waals surface area contributed by atoms with E-state index in [1.165, 1.54) is 23.6 Å². The van der Waals surface area contributed by atoms with Crippen molar-refractivity contribution < 1.29 is 9.18 Å². The Kier molecular flexibility index (Phi) is 3.80. The Hall–Kier alpha value is -2.06. The molecular formula is C10H10FN5OS. The van der Waals surface area contributed by atoms with Crippen LogP contribution in [-0.4, -0.2) is 15.9 Å². The molecule has 2 rings (SSSR count). The van der Waals surface area contributed by atoms with Crippen LogP contribution < -0.4 is 16.6 Å². The third-order valence-electron chi connectivity index (χ3n) is 2.18. The van der Waals surface area contributed by atoms with Gasteiger partial charge in [0.05, 0.1) is 23.3 Å². The van der Waals surface area contributed by atoms with Gasteiger partial charge < -0.3 is 10.7 Å². The topological polar surface area (TPSA) is 92.9 Å². The molecule has 8 heteroatoms. The van der Waals surface area contributed by atoms with E-state index in [1.54, 1.807) is 10.9 Å². The number of carbonyl (C=O) groups is 1. The van der Waals surface area contributed by atoms with Crippen molar-refractivity contribution in [1.29, 1.82) is 0 Å². The molecule has 0 atom stereocenters. The fourth-order valence-corrected chi connectivity index (χ4v) is 1.87. The molecule has 0 aliphatic rings. The van der Waals surface area contributed by atoms with Crippen LogP contribution in [0.15, 0.2) is 23.2 Å². The van der Waals surface area contributed by atoms with Gasteiger partial charge in [-0.15, -0.1) is 11.3 Å². The van der Waals surface area contributed by atoms with Gasteiger partial charge in [0.15, 0.2) is 11.6 Å². The van der Waals surface area contributed by atoms with E-state index in [1.807, 2.05) is 0 Å². The molecule has 6 nitrogen and oxygen atoms in total. The lowest BCUT2D eigenvalue weighted by Gasteiger charge is -2.07. The number of pyridine rings is 1. The van der Waals surface area contributed by atoms with Gasteiger partial charge in [0, 0.05) is 11.6 Å². The van der Waals surface area contributed by atoms with Gasteiger partial charge >= 0.3 is 0 Å². The first-order valence-electron chi connectivity index (χ1n) is 4.98. The summed E-state index contributed by atoms with van der Waals surface area (Å²) in [7, 11) is 0. The Morgan fingerprint density at radius 1 is 1.50 bits per heavy atom. The zero-order chi connectivity index (χ0) is 13.0. The number of nitrogens with two attached hydrogens (primary N) is 1. The van der Waals surface area contributed by atoms with Crippen LogP contribution in [0.25, 0.3) is 0 Å². The second-order valence-corrected chi connectivity index (χ2v) is 4.05. The van der Waals surface area contributed by atoms with E-state index in [0.717, 1.165) is 5.69 Å². The standard InChI is InChI=1S/C10H10FN5OS/c11-8-7(1-2-13-9(8)16-12)10(17)14-3-6-4-18-5-15-6/h1-2,4-5H,3,12H2,(H,13,16)(H,14,17). The second-order valence-electron chi connectivity index (χ2n) is 3.33. The average Bonchev–Trinajstić information content (AvgIpc) is 2.89. The molecule has 0 spiro atoms. The van der Waals surface area contributed by atoms with E-state index in [4.69, 9.17) is 5.84 Å². The van der Waals surface area contributed by atoms with Gasteiger partial charge in [-0.1, -0.05) is 0 Å². The fraction of sp³-hybridized carbons (Fsp3) is 0.100. The highest BCUT2D eigenvalue weighted by Gasteiger charge is 2.15. The minimum atomic E-state index is -0.782. The van der Waals surface area contributed by atoms with E-state index in [9.17, 15) is 9.18 Å². The predicted octanol–water partition coefficient (Wildman–Crippen LogP) is 0.893. The number of amides is 1. The molecule has 1 amide bonds. The highest BCUT2D eigenvalue weighted by molar-refractivity contribution is 7.07. The van der Waals surface area contributed by atoms with Gasteiger partial charge in [-0.25, -0.2) is 20.2 Å². The summed E-state index contributed by atoms with van der Waals surface area (Å²) in [5.74, 6) is 3.58. The number of nitrogens with one attached hydrogen (secondary N) is 2. The quantitative estimate of drug-likeness (QED) is 0.565. The molecule has 0 bridgehead atoms. The molecule has 2 heterocycles. The van der Waals surface area contributed by atoms with Crippen molar-refractivity contribution in [3.63, 3.8) is 0 Å². The molecular weight excluding hydrogens is 257 g/mol. The molecule has 0 aromatic carbocycles. The number of aromatic nitrogens is 2. The highest BCUT2D eigenvalue weighted by Crippen LogP contribution is 2.13. The number of carbonyl (C=O) groups excluding carboxylic acids is 1. The van der Waals surface area contributed by atoms with Crippen molar-refractivity contribution >= 4 is 23.1 Å². The number of rotatable bonds is 4. The minimum Gasteiger partial charge on any atom is -0.346 e. The van der Waals surface area contributed by atoms with E-state index in [-0.39, 0.29) is 17.9 Å². The smallest absolute Gasteiger partial charge is 0.254 e. The summed E-state index contributed by atoms with van der Waals surface area (Å²) in [6.45, 7) is 0.246. The lowest BCUT2D eigenvalue weighted by molar-refractivity contribution is 0.0946. The maximum atomic E-state index is 13.7. The number of anilines is 1. The van der Waals surface area contributed by atoms with E-state index in [0.29, 0.717) is 0 Å². The highest BCUT2D eigenvalue weighted by atomic mass is 32.1. The van der Waals surface area contributed by atoms with Crippen LogP contribution in [0, 0.1) is 5.82 Å². The zero-order valence-corrected chi connectivity index (χ0v) is 10.00. The summed E-state index contributed by atoms with van der Waals surface area (Å²) < 4.78 is 13.7. The zero-order valence-electron chi connectivity index (χ0n) is 9.18. The number of hydrogen-bond donors (Lipinski definition) is 3. The molecule has 4 N–H and O–H groups in total. The Balaban J connectivity index is 2.09. The van der Waals surface area contributed by atoms with Crippen LogP contribution in [0.1, 0.15) is 16.1 Å². The van der Waals surface area contributed by atoms with Crippen molar-refractivity contribution in [2.75, 3.05) is 5.43 Å². The lowest BCUT2D eigenvalue weighted by Crippen LogP contribution is -2.25. The van der Waals surface area contributed by atoms with Crippen molar-refractivity contribution in [1.82, 2.24) is 15.3 Å². The van der Waals surface area contributed by atoms with Crippen LogP contribution in [0.4, 0.5) is 10.2 Å². The molecule has 0 unspecified atom stereocenters. The number of hydrogen-bond acceptors (Lipinski definition) is 6. The minimum absolute atomic E-state index is 0.117. The van der Waals surface area contributed by atoms with E-state index in [2.05, 4.69) is 20.7 Å². The van der Waals surface area contributed by atoms with Crippen molar-refractivity contribution in [2.45, 2.75) is 6.54 Å². The molecule has 0 saturated carbocycles. The molecule has 0 aliphatic heterocycles. The largest absolute Gasteiger partial charge is 0.346 e. The molecule has 0 aliphatic carbocycles. The van der Waals surface area contributed by atoms with E-state index < -0.39 is 11.7 Å². The average molecular weight is 267 g/mol. The molecule has 0 saturated heterocycles. The molecule has 0 radical (unpaired) electrons. The molecule has 2 aromatic rings. The SMILES string of the molecule is NNc1nccc(C(=O)NCc2cscn2)c1F. The van der Waals surface area contributed by atoms with Crippen molar-refractivity contribution in [3.8, 4) is 0 Å². The van der Waals surface area contributed by atoms with Crippen molar-refractivity contribution in [2.24, 2.45) is 5.84 Å². The molecule has 94 valence electrons. The van der Waals surface area contributed by atoms with Crippen LogP contribution >= 0.6 is 11.3 Å². The number of thiazole rings is 1. The molecule has 18 heavy (non-hydrogen) atoms. The number of nitrogen functional groups attached to an aromatic ring is 1. The van der Waals surface area contributed by atoms with Crippen molar-refractivity contribution in [3.05, 3.63) is 40.2 Å². The third-order valence-corrected chi connectivity index (χ3v) is 2.82.